The highest BCUT2D eigenvalue weighted by molar-refractivity contribution is 9.10. The van der Waals surface area contributed by atoms with Gasteiger partial charge in [0.15, 0.2) is 0 Å². The second-order valence-electron chi connectivity index (χ2n) is 5.68. The highest BCUT2D eigenvalue weighted by atomic mass is 79.9. The minimum Gasteiger partial charge on any atom is -0.493 e. The van der Waals surface area contributed by atoms with E-state index < -0.39 is 6.10 Å². The lowest BCUT2D eigenvalue weighted by molar-refractivity contribution is 0.117. The molecule has 2 atom stereocenters. The highest BCUT2D eigenvalue weighted by Crippen LogP contribution is 2.42. The van der Waals surface area contributed by atoms with Crippen molar-refractivity contribution in [3.05, 3.63) is 63.1 Å². The molecule has 0 aromatic heterocycles. The van der Waals surface area contributed by atoms with E-state index in [0.29, 0.717) is 6.61 Å². The molecule has 0 aliphatic carbocycles. The molecule has 2 aromatic rings. The molecule has 3 heteroatoms. The van der Waals surface area contributed by atoms with Crippen LogP contribution in [-0.2, 0) is 0 Å². The second kappa shape index (κ2) is 5.82. The largest absolute Gasteiger partial charge is 0.493 e. The number of benzene rings is 2. The highest BCUT2D eigenvalue weighted by Gasteiger charge is 2.29. The van der Waals surface area contributed by atoms with E-state index in [1.54, 1.807) is 0 Å². The third-order valence-corrected chi connectivity index (χ3v) is 5.11. The standard InChI is InChI=1S/C18H19BrO2/c1-11-10-16(19)12(2)9-15(11)18(20)14-7-8-21-17-6-4-3-5-13(14)17/h3-6,9-10,14,18,20H,7-8H2,1-2H3. The van der Waals surface area contributed by atoms with Crippen molar-refractivity contribution in [1.29, 1.82) is 0 Å². The molecule has 0 amide bonds. The number of aliphatic hydroxyl groups excluding tert-OH is 1. The van der Waals surface area contributed by atoms with Crippen molar-refractivity contribution in [2.24, 2.45) is 0 Å². The van der Waals surface area contributed by atoms with Gasteiger partial charge in [-0.1, -0.05) is 40.2 Å². The van der Waals surface area contributed by atoms with Crippen LogP contribution in [0.25, 0.3) is 0 Å². The first-order valence-electron chi connectivity index (χ1n) is 7.24. The number of aliphatic hydroxyl groups is 1. The van der Waals surface area contributed by atoms with Crippen molar-refractivity contribution >= 4 is 15.9 Å². The van der Waals surface area contributed by atoms with Crippen LogP contribution >= 0.6 is 15.9 Å². The fourth-order valence-corrected chi connectivity index (χ4v) is 3.49. The summed E-state index contributed by atoms with van der Waals surface area (Å²) in [5, 5.41) is 10.9. The zero-order valence-electron chi connectivity index (χ0n) is 12.3. The molecule has 0 bridgehead atoms. The summed E-state index contributed by atoms with van der Waals surface area (Å²) in [6, 6.07) is 12.2. The summed E-state index contributed by atoms with van der Waals surface area (Å²) in [4.78, 5) is 0. The van der Waals surface area contributed by atoms with E-state index >= 15 is 0 Å². The van der Waals surface area contributed by atoms with Gasteiger partial charge in [0, 0.05) is 16.0 Å². The Morgan fingerprint density at radius 1 is 1.19 bits per heavy atom. The predicted octanol–water partition coefficient (Wildman–Crippen LogP) is 4.67. The molecule has 0 saturated carbocycles. The molecular weight excluding hydrogens is 328 g/mol. The van der Waals surface area contributed by atoms with Gasteiger partial charge in [0.1, 0.15) is 5.75 Å². The van der Waals surface area contributed by atoms with Crippen molar-refractivity contribution in [2.75, 3.05) is 6.61 Å². The summed E-state index contributed by atoms with van der Waals surface area (Å²) in [6.07, 6.45) is 0.342. The molecule has 0 saturated heterocycles. The van der Waals surface area contributed by atoms with Gasteiger partial charge >= 0.3 is 0 Å². The number of hydrogen-bond acceptors (Lipinski definition) is 2. The van der Waals surface area contributed by atoms with Gasteiger partial charge in [0.05, 0.1) is 12.7 Å². The van der Waals surface area contributed by atoms with Crippen LogP contribution in [0.1, 0.15) is 40.7 Å². The third kappa shape index (κ3) is 2.72. The topological polar surface area (TPSA) is 29.5 Å². The lowest BCUT2D eigenvalue weighted by atomic mass is 9.83. The zero-order valence-corrected chi connectivity index (χ0v) is 13.9. The van der Waals surface area contributed by atoms with Gasteiger partial charge in [0.25, 0.3) is 0 Å². The summed E-state index contributed by atoms with van der Waals surface area (Å²) in [5.74, 6) is 0.994. The van der Waals surface area contributed by atoms with Gasteiger partial charge < -0.3 is 9.84 Å². The molecule has 2 nitrogen and oxygen atoms in total. The zero-order chi connectivity index (χ0) is 15.0. The molecule has 3 rings (SSSR count). The number of ether oxygens (including phenoxy) is 1. The fraction of sp³-hybridized carbons (Fsp3) is 0.333. The van der Waals surface area contributed by atoms with Gasteiger partial charge in [0.2, 0.25) is 0 Å². The van der Waals surface area contributed by atoms with Crippen LogP contribution in [0.3, 0.4) is 0 Å². The Kier molecular flexibility index (Phi) is 4.05. The first kappa shape index (κ1) is 14.6. The first-order valence-corrected chi connectivity index (χ1v) is 8.03. The summed E-state index contributed by atoms with van der Waals surface area (Å²) >= 11 is 3.55. The maximum absolute atomic E-state index is 10.9. The van der Waals surface area contributed by atoms with Crippen molar-refractivity contribution < 1.29 is 9.84 Å². The molecule has 21 heavy (non-hydrogen) atoms. The molecule has 0 fully saturated rings. The van der Waals surface area contributed by atoms with Gasteiger partial charge in [-0.25, -0.2) is 0 Å². The number of fused-ring (bicyclic) bond motifs is 1. The van der Waals surface area contributed by atoms with E-state index in [2.05, 4.69) is 41.1 Å². The Bertz CT molecular complexity index is 666. The number of rotatable bonds is 2. The van der Waals surface area contributed by atoms with Crippen LogP contribution in [0, 0.1) is 13.8 Å². The molecule has 110 valence electrons. The predicted molar refractivity (Wildman–Crippen MR) is 87.9 cm³/mol. The molecule has 0 radical (unpaired) electrons. The molecule has 1 heterocycles. The van der Waals surface area contributed by atoms with E-state index in [4.69, 9.17) is 4.74 Å². The van der Waals surface area contributed by atoms with E-state index in [0.717, 1.165) is 38.9 Å². The Morgan fingerprint density at radius 3 is 2.76 bits per heavy atom. The summed E-state index contributed by atoms with van der Waals surface area (Å²) in [7, 11) is 0. The average molecular weight is 347 g/mol. The lowest BCUT2D eigenvalue weighted by Crippen LogP contribution is -2.20. The molecule has 1 aliphatic heterocycles. The van der Waals surface area contributed by atoms with E-state index in [9.17, 15) is 5.11 Å². The molecule has 1 N–H and O–H groups in total. The van der Waals surface area contributed by atoms with Crippen LogP contribution in [-0.4, -0.2) is 11.7 Å². The Hall–Kier alpha value is -1.32. The fourth-order valence-electron chi connectivity index (χ4n) is 3.04. The lowest BCUT2D eigenvalue weighted by Gasteiger charge is -2.30. The molecular formula is C18H19BrO2. The monoisotopic (exact) mass is 346 g/mol. The van der Waals surface area contributed by atoms with Crippen LogP contribution in [0.2, 0.25) is 0 Å². The summed E-state index contributed by atoms with van der Waals surface area (Å²) in [6.45, 7) is 4.76. The van der Waals surface area contributed by atoms with E-state index in [1.807, 2.05) is 25.1 Å². The molecule has 2 unspecified atom stereocenters. The summed E-state index contributed by atoms with van der Waals surface area (Å²) in [5.41, 5.74) is 4.38. The Labute approximate surface area is 133 Å². The van der Waals surface area contributed by atoms with Gasteiger partial charge in [-0.05, 0) is 49.1 Å². The van der Waals surface area contributed by atoms with Crippen LogP contribution in [0.15, 0.2) is 40.9 Å². The molecule has 0 spiro atoms. The van der Waals surface area contributed by atoms with Crippen LogP contribution in [0.4, 0.5) is 0 Å². The van der Waals surface area contributed by atoms with Crippen molar-refractivity contribution in [3.8, 4) is 5.75 Å². The third-order valence-electron chi connectivity index (χ3n) is 4.25. The Morgan fingerprint density at radius 2 is 1.95 bits per heavy atom. The number of halogens is 1. The van der Waals surface area contributed by atoms with Gasteiger partial charge in [-0.2, -0.15) is 0 Å². The first-order chi connectivity index (χ1) is 10.1. The van der Waals surface area contributed by atoms with E-state index in [1.165, 1.54) is 0 Å². The maximum atomic E-state index is 10.9. The van der Waals surface area contributed by atoms with Gasteiger partial charge in [-0.3, -0.25) is 0 Å². The Balaban J connectivity index is 2.00. The normalized spacial score (nSPS) is 18.8. The van der Waals surface area contributed by atoms with E-state index in [-0.39, 0.29) is 5.92 Å². The second-order valence-corrected chi connectivity index (χ2v) is 6.54. The van der Waals surface area contributed by atoms with Crippen LogP contribution in [0.5, 0.6) is 5.75 Å². The SMILES string of the molecule is Cc1cc(C(O)C2CCOc3ccccc32)c(C)cc1Br. The van der Waals surface area contributed by atoms with Crippen molar-refractivity contribution in [2.45, 2.75) is 32.3 Å². The molecule has 2 aromatic carbocycles. The van der Waals surface area contributed by atoms with Crippen molar-refractivity contribution in [3.63, 3.8) is 0 Å². The number of para-hydroxylation sites is 1. The van der Waals surface area contributed by atoms with Gasteiger partial charge in [-0.15, -0.1) is 0 Å². The average Bonchev–Trinajstić information content (AvgIpc) is 2.49. The smallest absolute Gasteiger partial charge is 0.122 e. The van der Waals surface area contributed by atoms with Crippen LogP contribution < -0.4 is 4.74 Å². The minimum atomic E-state index is -0.498. The number of aryl methyl sites for hydroxylation is 2. The van der Waals surface area contributed by atoms with Crippen molar-refractivity contribution in [1.82, 2.24) is 0 Å². The maximum Gasteiger partial charge on any atom is 0.122 e. The molecule has 1 aliphatic rings. The number of hydrogen-bond donors (Lipinski definition) is 1. The minimum absolute atomic E-state index is 0.0919. The summed E-state index contributed by atoms with van der Waals surface area (Å²) < 4.78 is 6.78. The quantitative estimate of drug-likeness (QED) is 0.856.